The van der Waals surface area contributed by atoms with Crippen LogP contribution < -0.4 is 0 Å². The molecule has 0 aliphatic heterocycles. The van der Waals surface area contributed by atoms with Gasteiger partial charge in [0.1, 0.15) is 0 Å². The Hall–Kier alpha value is -1.11. The van der Waals surface area contributed by atoms with Crippen molar-refractivity contribution < 1.29 is 0 Å². The van der Waals surface area contributed by atoms with Crippen molar-refractivity contribution >= 4 is 6.21 Å². The van der Waals surface area contributed by atoms with Crippen LogP contribution in [-0.4, -0.2) is 6.21 Å². The lowest BCUT2D eigenvalue weighted by Crippen LogP contribution is -1.83. The molecule has 0 saturated heterocycles. The Morgan fingerprint density at radius 3 is 2.33 bits per heavy atom. The van der Waals surface area contributed by atoms with Crippen molar-refractivity contribution in [3.63, 3.8) is 0 Å². The van der Waals surface area contributed by atoms with Gasteiger partial charge in [0.05, 0.1) is 0 Å². The normalized spacial score (nSPS) is 11.1. The third kappa shape index (κ3) is 7.92. The van der Waals surface area contributed by atoms with Gasteiger partial charge in [0.25, 0.3) is 0 Å². The maximum atomic E-state index is 6.85. The Balaban J connectivity index is 4.18. The van der Waals surface area contributed by atoms with Gasteiger partial charge in [0.15, 0.2) is 0 Å². The highest BCUT2D eigenvalue weighted by molar-refractivity contribution is 5.68. The van der Waals surface area contributed by atoms with Crippen LogP contribution in [0.3, 0.4) is 0 Å². The molecule has 0 bridgehead atoms. The number of rotatable bonds is 7. The second kappa shape index (κ2) is 9.45. The van der Waals surface area contributed by atoms with Crippen molar-refractivity contribution in [1.82, 2.24) is 0 Å². The summed E-state index contributed by atoms with van der Waals surface area (Å²) in [7, 11) is 0. The molecule has 0 atom stereocenters. The number of hydrogen-bond donors (Lipinski definition) is 1. The summed E-state index contributed by atoms with van der Waals surface area (Å²) in [6, 6.07) is 0. The van der Waals surface area contributed by atoms with Crippen molar-refractivity contribution in [3.05, 3.63) is 35.5 Å². The summed E-state index contributed by atoms with van der Waals surface area (Å²) >= 11 is 0. The molecule has 0 aromatic rings. The highest BCUT2D eigenvalue weighted by atomic mass is 14.3. The molecule has 0 unspecified atom stereocenters. The quantitative estimate of drug-likeness (QED) is 0.355. The van der Waals surface area contributed by atoms with Crippen molar-refractivity contribution in [2.24, 2.45) is 0 Å². The summed E-state index contributed by atoms with van der Waals surface area (Å²) in [5.74, 6) is 0. The van der Waals surface area contributed by atoms with Gasteiger partial charge < -0.3 is 5.41 Å². The molecule has 0 rings (SSSR count). The zero-order chi connectivity index (χ0) is 11.5. The minimum absolute atomic E-state index is 1.17. The largest absolute Gasteiger partial charge is 0.309 e. The molecule has 0 aromatic heterocycles. The third-order valence-electron chi connectivity index (χ3n) is 2.31. The molecular weight excluding hydrogens is 182 g/mol. The molecule has 0 aliphatic carbocycles. The predicted octanol–water partition coefficient (Wildman–Crippen LogP) is 4.67. The molecule has 0 aliphatic rings. The first kappa shape index (κ1) is 13.9. The molecule has 1 nitrogen and oxygen atoms in total. The molecule has 0 aromatic carbocycles. The standard InChI is InChI=1S/C14H23N/c1-4-5-7-10-14(13(2)3)11-8-6-9-12-15/h6,8-9,11-12,15H,4-5,7,10H2,1-3H3/b9-6-,11-8-,15-12?. The number of nitrogens with one attached hydrogen (secondary N) is 1. The van der Waals surface area contributed by atoms with Crippen molar-refractivity contribution in [3.8, 4) is 0 Å². The van der Waals surface area contributed by atoms with E-state index < -0.39 is 0 Å². The molecule has 0 saturated carbocycles. The van der Waals surface area contributed by atoms with E-state index in [0.29, 0.717) is 0 Å². The van der Waals surface area contributed by atoms with Gasteiger partial charge in [0.2, 0.25) is 0 Å². The van der Waals surface area contributed by atoms with Crippen molar-refractivity contribution in [2.45, 2.75) is 46.5 Å². The summed E-state index contributed by atoms with van der Waals surface area (Å²) in [6.45, 7) is 6.54. The van der Waals surface area contributed by atoms with E-state index in [4.69, 9.17) is 5.41 Å². The molecule has 0 spiro atoms. The highest BCUT2D eigenvalue weighted by Gasteiger charge is 1.94. The van der Waals surface area contributed by atoms with E-state index in [1.54, 1.807) is 6.08 Å². The van der Waals surface area contributed by atoms with Gasteiger partial charge in [-0.05, 0) is 38.3 Å². The first-order chi connectivity index (χ1) is 7.22. The zero-order valence-electron chi connectivity index (χ0n) is 10.2. The minimum atomic E-state index is 1.17. The van der Waals surface area contributed by atoms with Gasteiger partial charge in [-0.2, -0.15) is 0 Å². The molecule has 0 fully saturated rings. The summed E-state index contributed by atoms with van der Waals surface area (Å²) < 4.78 is 0. The molecule has 0 radical (unpaired) electrons. The first-order valence-corrected chi connectivity index (χ1v) is 5.72. The summed E-state index contributed by atoms with van der Waals surface area (Å²) in [5, 5.41) is 6.85. The van der Waals surface area contributed by atoms with E-state index in [2.05, 4.69) is 26.8 Å². The number of unbranched alkanes of at least 4 members (excludes halogenated alkanes) is 2. The second-order valence-electron chi connectivity index (χ2n) is 3.89. The number of hydrogen-bond acceptors (Lipinski definition) is 1. The lowest BCUT2D eigenvalue weighted by molar-refractivity contribution is 0.716. The monoisotopic (exact) mass is 205 g/mol. The Morgan fingerprint density at radius 2 is 1.80 bits per heavy atom. The van der Waals surface area contributed by atoms with Crippen LogP contribution in [0.15, 0.2) is 35.5 Å². The minimum Gasteiger partial charge on any atom is -0.309 e. The average Bonchev–Trinajstić information content (AvgIpc) is 2.21. The highest BCUT2D eigenvalue weighted by Crippen LogP contribution is 2.14. The van der Waals surface area contributed by atoms with Crippen LogP contribution in [0.5, 0.6) is 0 Å². The molecule has 84 valence electrons. The third-order valence-corrected chi connectivity index (χ3v) is 2.31. The Kier molecular flexibility index (Phi) is 8.75. The summed E-state index contributed by atoms with van der Waals surface area (Å²) in [5.41, 5.74) is 2.82. The van der Waals surface area contributed by atoms with E-state index >= 15 is 0 Å². The maximum absolute atomic E-state index is 6.85. The van der Waals surface area contributed by atoms with E-state index in [-0.39, 0.29) is 0 Å². The first-order valence-electron chi connectivity index (χ1n) is 5.72. The lowest BCUT2D eigenvalue weighted by Gasteiger charge is -2.03. The molecule has 0 heterocycles. The van der Waals surface area contributed by atoms with Gasteiger partial charge in [-0.3, -0.25) is 0 Å². The van der Waals surface area contributed by atoms with Gasteiger partial charge in [0, 0.05) is 6.21 Å². The second-order valence-corrected chi connectivity index (χ2v) is 3.89. The van der Waals surface area contributed by atoms with Gasteiger partial charge in [-0.1, -0.05) is 43.6 Å². The Bertz CT molecular complexity index is 253. The lowest BCUT2D eigenvalue weighted by atomic mass is 10.0. The van der Waals surface area contributed by atoms with Crippen molar-refractivity contribution in [1.29, 1.82) is 5.41 Å². The Labute approximate surface area is 94.1 Å². The fraction of sp³-hybridized carbons (Fsp3) is 0.500. The van der Waals surface area contributed by atoms with E-state index in [1.807, 2.05) is 12.2 Å². The molecule has 1 heteroatoms. The van der Waals surface area contributed by atoms with Gasteiger partial charge >= 0.3 is 0 Å². The van der Waals surface area contributed by atoms with E-state index in [0.717, 1.165) is 0 Å². The SMILES string of the molecule is CCCCCC(/C=C\C=C/C=N)=C(C)C. The number of allylic oxidation sites excluding steroid dienone is 6. The van der Waals surface area contributed by atoms with E-state index in [1.165, 1.54) is 43.0 Å². The van der Waals surface area contributed by atoms with Crippen LogP contribution >= 0.6 is 0 Å². The molecule has 0 amide bonds. The van der Waals surface area contributed by atoms with Crippen LogP contribution in [0.2, 0.25) is 0 Å². The predicted molar refractivity (Wildman–Crippen MR) is 69.6 cm³/mol. The summed E-state index contributed by atoms with van der Waals surface area (Å²) in [4.78, 5) is 0. The van der Waals surface area contributed by atoms with E-state index in [9.17, 15) is 0 Å². The summed E-state index contributed by atoms with van der Waals surface area (Å²) in [6.07, 6.45) is 14.1. The fourth-order valence-electron chi connectivity index (χ4n) is 1.36. The Morgan fingerprint density at radius 1 is 1.07 bits per heavy atom. The average molecular weight is 205 g/mol. The fourth-order valence-corrected chi connectivity index (χ4v) is 1.36. The van der Waals surface area contributed by atoms with Crippen LogP contribution in [0.1, 0.15) is 46.5 Å². The molecular formula is C14H23N. The smallest absolute Gasteiger partial charge is 0.0177 e. The van der Waals surface area contributed by atoms with Crippen molar-refractivity contribution in [2.75, 3.05) is 0 Å². The van der Waals surface area contributed by atoms with Crippen LogP contribution in [0, 0.1) is 5.41 Å². The van der Waals surface area contributed by atoms with Crippen LogP contribution in [-0.2, 0) is 0 Å². The van der Waals surface area contributed by atoms with Crippen LogP contribution in [0.4, 0.5) is 0 Å². The van der Waals surface area contributed by atoms with Crippen LogP contribution in [0.25, 0.3) is 0 Å². The molecule has 1 N–H and O–H groups in total. The van der Waals surface area contributed by atoms with Gasteiger partial charge in [-0.15, -0.1) is 0 Å². The maximum Gasteiger partial charge on any atom is 0.0177 e. The zero-order valence-corrected chi connectivity index (χ0v) is 10.2. The van der Waals surface area contributed by atoms with Gasteiger partial charge in [-0.25, -0.2) is 0 Å². The topological polar surface area (TPSA) is 23.9 Å². The molecule has 15 heavy (non-hydrogen) atoms.